The molecule has 0 fully saturated rings. The third kappa shape index (κ3) is 7.60. The first kappa shape index (κ1) is 29.1. The van der Waals surface area contributed by atoms with Gasteiger partial charge >= 0.3 is 5.97 Å². The molecule has 0 heterocycles. The second-order valence-corrected chi connectivity index (χ2v) is 9.81. The van der Waals surface area contributed by atoms with Crippen molar-refractivity contribution < 1.29 is 19.1 Å². The first-order valence-corrected chi connectivity index (χ1v) is 13.6. The minimum absolute atomic E-state index is 0.134. The van der Waals surface area contributed by atoms with Crippen molar-refractivity contribution in [2.45, 2.75) is 20.1 Å². The summed E-state index contributed by atoms with van der Waals surface area (Å²) >= 11 is 18.5. The van der Waals surface area contributed by atoms with Crippen molar-refractivity contribution in [1.29, 1.82) is 0 Å². The van der Waals surface area contributed by atoms with Gasteiger partial charge in [0, 0.05) is 26.9 Å². The minimum atomic E-state index is -0.429. The molecule has 0 aliphatic rings. The topological polar surface area (TPSA) is 67.9 Å². The number of nitrogens with one attached hydrogen (secondary N) is 1. The molecule has 0 aliphatic carbocycles. The molecule has 40 heavy (non-hydrogen) atoms. The molecular weight excluding hydrogens is 567 g/mol. The molecule has 0 unspecified atom stereocenters. The monoisotopic (exact) mass is 592 g/mol. The molecular formula is C31H26Cl2N2O4S. The summed E-state index contributed by atoms with van der Waals surface area (Å²) < 4.78 is 10.9. The molecule has 4 rings (SSSR count). The molecule has 204 valence electrons. The second kappa shape index (κ2) is 13.9. The molecule has 1 N–H and O–H groups in total. The molecule has 0 saturated heterocycles. The quantitative estimate of drug-likeness (QED) is 0.160. The average Bonchev–Trinajstić information content (AvgIpc) is 2.97. The van der Waals surface area contributed by atoms with Gasteiger partial charge in [-0.15, -0.1) is 0 Å². The van der Waals surface area contributed by atoms with Crippen LogP contribution in [0.3, 0.4) is 0 Å². The van der Waals surface area contributed by atoms with Crippen molar-refractivity contribution >= 4 is 58.1 Å². The van der Waals surface area contributed by atoms with Gasteiger partial charge in [-0.05, 0) is 85.4 Å². The van der Waals surface area contributed by atoms with Gasteiger partial charge in [0.05, 0.1) is 18.7 Å². The summed E-state index contributed by atoms with van der Waals surface area (Å²) in [5.41, 5.74) is 3.10. The van der Waals surface area contributed by atoms with E-state index in [4.69, 9.17) is 44.9 Å². The number of hydrogen-bond acceptors (Lipinski definition) is 5. The standard InChI is InChI=1S/C31H26Cl2N2O4S/c1-2-38-30(37)23-11-15-24(16-12-23)35(19-26-27(32)9-6-10-28(26)33)31(40)34-29(36)22-13-17-25(18-14-22)39-20-21-7-4-3-5-8-21/h3-18H,2,19-20H2,1H3,(H,34,36,40). The fourth-order valence-electron chi connectivity index (χ4n) is 3.79. The van der Waals surface area contributed by atoms with E-state index in [1.165, 1.54) is 0 Å². The van der Waals surface area contributed by atoms with Gasteiger partial charge in [-0.1, -0.05) is 59.6 Å². The van der Waals surface area contributed by atoms with Crippen LogP contribution in [0.5, 0.6) is 5.75 Å². The molecule has 4 aromatic carbocycles. The van der Waals surface area contributed by atoms with E-state index in [0.29, 0.717) is 44.8 Å². The van der Waals surface area contributed by atoms with Gasteiger partial charge in [-0.25, -0.2) is 4.79 Å². The van der Waals surface area contributed by atoms with E-state index in [-0.39, 0.29) is 18.3 Å². The zero-order chi connectivity index (χ0) is 28.5. The zero-order valence-corrected chi connectivity index (χ0v) is 23.9. The van der Waals surface area contributed by atoms with Crippen molar-refractivity contribution in [1.82, 2.24) is 5.32 Å². The molecule has 0 atom stereocenters. The van der Waals surface area contributed by atoms with Gasteiger partial charge in [0.25, 0.3) is 5.91 Å². The van der Waals surface area contributed by atoms with Gasteiger partial charge in [0.2, 0.25) is 0 Å². The molecule has 0 radical (unpaired) electrons. The van der Waals surface area contributed by atoms with Crippen LogP contribution >= 0.6 is 35.4 Å². The van der Waals surface area contributed by atoms with E-state index >= 15 is 0 Å². The number of carbonyl (C=O) groups excluding carboxylic acids is 2. The lowest BCUT2D eigenvalue weighted by Crippen LogP contribution is -2.42. The van der Waals surface area contributed by atoms with Crippen LogP contribution in [0.2, 0.25) is 10.0 Å². The third-order valence-electron chi connectivity index (χ3n) is 5.90. The fraction of sp³-hybridized carbons (Fsp3) is 0.129. The molecule has 1 amide bonds. The summed E-state index contributed by atoms with van der Waals surface area (Å²) in [5, 5.41) is 3.84. The fourth-order valence-corrected chi connectivity index (χ4v) is 4.57. The summed E-state index contributed by atoms with van der Waals surface area (Å²) in [6.07, 6.45) is 0. The highest BCUT2D eigenvalue weighted by atomic mass is 35.5. The highest BCUT2D eigenvalue weighted by Gasteiger charge is 2.20. The number of amides is 1. The van der Waals surface area contributed by atoms with Crippen LogP contribution < -0.4 is 15.0 Å². The smallest absolute Gasteiger partial charge is 0.338 e. The Hall–Kier alpha value is -3.91. The molecule has 0 aromatic heterocycles. The van der Waals surface area contributed by atoms with Crippen molar-refractivity contribution in [3.63, 3.8) is 0 Å². The van der Waals surface area contributed by atoms with Crippen LogP contribution in [-0.2, 0) is 17.9 Å². The lowest BCUT2D eigenvalue weighted by atomic mass is 10.1. The van der Waals surface area contributed by atoms with Gasteiger partial charge in [-0.3, -0.25) is 10.1 Å². The molecule has 4 aromatic rings. The maximum Gasteiger partial charge on any atom is 0.338 e. The Labute approximate surface area is 248 Å². The Kier molecular flexibility index (Phi) is 10.1. The van der Waals surface area contributed by atoms with Crippen molar-refractivity contribution in [2.24, 2.45) is 0 Å². The maximum atomic E-state index is 13.1. The van der Waals surface area contributed by atoms with Crippen molar-refractivity contribution in [3.8, 4) is 5.75 Å². The summed E-state index contributed by atoms with van der Waals surface area (Å²) in [6, 6.07) is 28.5. The number of carbonyl (C=O) groups is 2. The molecule has 0 aliphatic heterocycles. The summed E-state index contributed by atoms with van der Waals surface area (Å²) in [7, 11) is 0. The minimum Gasteiger partial charge on any atom is -0.489 e. The first-order chi connectivity index (χ1) is 19.4. The van der Waals surface area contributed by atoms with Gasteiger partial charge in [0.1, 0.15) is 12.4 Å². The number of thiocarbonyl (C=S) groups is 1. The highest BCUT2D eigenvalue weighted by molar-refractivity contribution is 7.80. The summed E-state index contributed by atoms with van der Waals surface area (Å²) in [4.78, 5) is 26.9. The van der Waals surface area contributed by atoms with E-state index in [9.17, 15) is 9.59 Å². The largest absolute Gasteiger partial charge is 0.489 e. The van der Waals surface area contributed by atoms with Crippen LogP contribution in [0.4, 0.5) is 5.69 Å². The lowest BCUT2D eigenvalue weighted by molar-refractivity contribution is 0.0526. The Morgan fingerprint density at radius 1 is 0.825 bits per heavy atom. The Balaban J connectivity index is 1.50. The first-order valence-electron chi connectivity index (χ1n) is 12.5. The van der Waals surface area contributed by atoms with E-state index in [1.807, 2.05) is 30.3 Å². The van der Waals surface area contributed by atoms with Crippen molar-refractivity contribution in [2.75, 3.05) is 11.5 Å². The highest BCUT2D eigenvalue weighted by Crippen LogP contribution is 2.28. The number of nitrogens with zero attached hydrogens (tertiary/aromatic N) is 1. The van der Waals surface area contributed by atoms with Gasteiger partial charge in [0.15, 0.2) is 5.11 Å². The summed E-state index contributed by atoms with van der Waals surface area (Å²) in [6.45, 7) is 2.62. The predicted octanol–water partition coefficient (Wildman–Crippen LogP) is 7.47. The number of benzene rings is 4. The average molecular weight is 594 g/mol. The van der Waals surface area contributed by atoms with E-state index < -0.39 is 11.9 Å². The SMILES string of the molecule is CCOC(=O)c1ccc(N(Cc2c(Cl)cccc2Cl)C(=S)NC(=O)c2ccc(OCc3ccccc3)cc2)cc1. The lowest BCUT2D eigenvalue weighted by Gasteiger charge is -2.26. The van der Waals surface area contributed by atoms with Crippen LogP contribution in [-0.4, -0.2) is 23.6 Å². The number of rotatable bonds is 9. The number of esters is 1. The van der Waals surface area contributed by atoms with Gasteiger partial charge < -0.3 is 14.4 Å². The van der Waals surface area contributed by atoms with E-state index in [1.54, 1.807) is 78.6 Å². The zero-order valence-electron chi connectivity index (χ0n) is 21.6. The molecule has 6 nitrogen and oxygen atoms in total. The van der Waals surface area contributed by atoms with E-state index in [2.05, 4.69) is 5.32 Å². The number of halogens is 2. The Morgan fingerprint density at radius 3 is 2.08 bits per heavy atom. The van der Waals surface area contributed by atoms with Crippen molar-refractivity contribution in [3.05, 3.63) is 129 Å². The number of anilines is 1. The van der Waals surface area contributed by atoms with Crippen LogP contribution in [0.25, 0.3) is 0 Å². The van der Waals surface area contributed by atoms with Crippen LogP contribution in [0.1, 0.15) is 38.8 Å². The second-order valence-electron chi connectivity index (χ2n) is 8.61. The Bertz CT molecular complexity index is 1460. The third-order valence-corrected chi connectivity index (χ3v) is 6.93. The normalized spacial score (nSPS) is 10.5. The summed E-state index contributed by atoms with van der Waals surface area (Å²) in [5.74, 6) is -0.181. The van der Waals surface area contributed by atoms with Gasteiger partial charge in [-0.2, -0.15) is 0 Å². The molecule has 0 spiro atoms. The predicted molar refractivity (Wildman–Crippen MR) is 162 cm³/mol. The van der Waals surface area contributed by atoms with Crippen LogP contribution in [0, 0.1) is 0 Å². The molecule has 0 saturated carbocycles. The Morgan fingerprint density at radius 2 is 1.45 bits per heavy atom. The molecule has 0 bridgehead atoms. The van der Waals surface area contributed by atoms with E-state index in [0.717, 1.165) is 5.56 Å². The number of ether oxygens (including phenoxy) is 2. The maximum absolute atomic E-state index is 13.1. The number of hydrogen-bond donors (Lipinski definition) is 1. The molecule has 9 heteroatoms. The van der Waals surface area contributed by atoms with Crippen LogP contribution in [0.15, 0.2) is 97.1 Å².